The highest BCUT2D eigenvalue weighted by Gasteiger charge is 2.41. The van der Waals surface area contributed by atoms with Crippen LogP contribution in [-0.4, -0.2) is 49.3 Å². The molecule has 11 heteroatoms. The molecule has 1 aliphatic rings. The molecule has 2 N–H and O–H groups in total. The van der Waals surface area contributed by atoms with Crippen molar-refractivity contribution in [2.24, 2.45) is 0 Å². The number of carbonyl (C=O) groups excluding carboxylic acids is 3. The second kappa shape index (κ2) is 12.4. The molecule has 1 aliphatic heterocycles. The van der Waals surface area contributed by atoms with Crippen LogP contribution >= 0.6 is 0 Å². The molecule has 1 heterocycles. The molecule has 0 saturated carbocycles. The van der Waals surface area contributed by atoms with Crippen molar-refractivity contribution in [3.05, 3.63) is 90.0 Å². The number of amides is 1. The zero-order valence-corrected chi connectivity index (χ0v) is 20.6. The van der Waals surface area contributed by atoms with Gasteiger partial charge in [0.1, 0.15) is 23.4 Å². The highest BCUT2D eigenvalue weighted by atomic mass is 19.4. The zero-order valence-electron chi connectivity index (χ0n) is 20.6. The Morgan fingerprint density at radius 1 is 0.846 bits per heavy atom. The first-order valence-electron chi connectivity index (χ1n) is 12.1. The van der Waals surface area contributed by atoms with E-state index in [1.54, 1.807) is 36.4 Å². The Morgan fingerprint density at radius 2 is 1.56 bits per heavy atom. The Balaban J connectivity index is 1.40. The smallest absolute Gasteiger partial charge is 0.457 e. The number of nitrogens with one attached hydrogen (secondary N) is 2. The van der Waals surface area contributed by atoms with Crippen LogP contribution in [0, 0.1) is 0 Å². The van der Waals surface area contributed by atoms with Crippen LogP contribution < -0.4 is 20.1 Å². The van der Waals surface area contributed by atoms with E-state index in [1.807, 2.05) is 18.2 Å². The minimum atomic E-state index is -5.13. The zero-order chi connectivity index (χ0) is 27.8. The number of esters is 2. The van der Waals surface area contributed by atoms with E-state index in [0.717, 1.165) is 12.1 Å². The third-order valence-electron chi connectivity index (χ3n) is 5.84. The van der Waals surface area contributed by atoms with Gasteiger partial charge in [0.25, 0.3) is 5.91 Å². The Morgan fingerprint density at radius 3 is 2.28 bits per heavy atom. The van der Waals surface area contributed by atoms with Crippen molar-refractivity contribution in [2.75, 3.05) is 13.1 Å². The van der Waals surface area contributed by atoms with Gasteiger partial charge in [-0.3, -0.25) is 4.79 Å². The molecular formula is C28H25F3N2O6. The molecule has 0 unspecified atom stereocenters. The molecule has 3 aromatic carbocycles. The van der Waals surface area contributed by atoms with E-state index in [2.05, 4.69) is 15.4 Å². The fourth-order valence-corrected chi connectivity index (χ4v) is 3.91. The molecule has 0 aliphatic carbocycles. The van der Waals surface area contributed by atoms with Crippen molar-refractivity contribution in [3.8, 4) is 17.2 Å². The number of ether oxygens (including phenoxy) is 3. The van der Waals surface area contributed by atoms with Crippen molar-refractivity contribution in [1.29, 1.82) is 0 Å². The highest BCUT2D eigenvalue weighted by molar-refractivity contribution is 5.95. The van der Waals surface area contributed by atoms with E-state index in [1.165, 1.54) is 12.1 Å². The van der Waals surface area contributed by atoms with Crippen LogP contribution in [0.25, 0.3) is 0 Å². The lowest BCUT2D eigenvalue weighted by atomic mass is 10.1. The van der Waals surface area contributed by atoms with Crippen molar-refractivity contribution >= 4 is 17.8 Å². The number of carbonyl (C=O) groups is 3. The molecular weight excluding hydrogens is 517 g/mol. The lowest BCUT2D eigenvalue weighted by Crippen LogP contribution is -2.49. The molecule has 1 fully saturated rings. The standard InChI is InChI=1S/C28H25F3N2O6/c29-28(30,31)27(36)38-21-13-11-18(12-14-21)25(34)33-23-17-32-15-5-10-24(23)39-26(35)19-6-4-9-22(16-19)37-20-7-2-1-3-8-20/h1-4,6-9,11-14,16,23-24,32H,5,10,15,17H2,(H,33,34)/t23-,24-/m1/s1. The van der Waals surface area contributed by atoms with Gasteiger partial charge in [0, 0.05) is 12.1 Å². The van der Waals surface area contributed by atoms with Crippen LogP contribution in [0.4, 0.5) is 13.2 Å². The van der Waals surface area contributed by atoms with E-state index >= 15 is 0 Å². The number of benzene rings is 3. The summed E-state index contributed by atoms with van der Waals surface area (Å²) in [5, 5.41) is 6.01. The average Bonchev–Trinajstić information content (AvgIpc) is 3.14. The molecule has 0 radical (unpaired) electrons. The summed E-state index contributed by atoms with van der Waals surface area (Å²) in [6.45, 7) is 1.00. The van der Waals surface area contributed by atoms with Gasteiger partial charge in [0.2, 0.25) is 0 Å². The highest BCUT2D eigenvalue weighted by Crippen LogP contribution is 2.24. The van der Waals surface area contributed by atoms with Gasteiger partial charge in [0.15, 0.2) is 0 Å². The van der Waals surface area contributed by atoms with Crippen molar-refractivity contribution in [3.63, 3.8) is 0 Å². The molecule has 8 nitrogen and oxygen atoms in total. The van der Waals surface area contributed by atoms with Gasteiger partial charge in [-0.05, 0) is 74.0 Å². The quantitative estimate of drug-likeness (QED) is 0.331. The topological polar surface area (TPSA) is 103 Å². The maximum Gasteiger partial charge on any atom is 0.491 e. The largest absolute Gasteiger partial charge is 0.491 e. The first-order chi connectivity index (χ1) is 18.7. The first-order valence-corrected chi connectivity index (χ1v) is 12.1. The summed E-state index contributed by atoms with van der Waals surface area (Å²) in [6.07, 6.45) is -4.57. The first kappa shape index (κ1) is 27.6. The van der Waals surface area contributed by atoms with Crippen LogP contribution in [0.15, 0.2) is 78.9 Å². The molecule has 3 aromatic rings. The number of halogens is 3. The van der Waals surface area contributed by atoms with Gasteiger partial charge in [-0.25, -0.2) is 9.59 Å². The molecule has 4 rings (SSSR count). The monoisotopic (exact) mass is 542 g/mol. The summed E-state index contributed by atoms with van der Waals surface area (Å²) < 4.78 is 53.0. The van der Waals surface area contributed by atoms with Gasteiger partial charge in [-0.1, -0.05) is 24.3 Å². The third-order valence-corrected chi connectivity index (χ3v) is 5.84. The van der Waals surface area contributed by atoms with E-state index < -0.39 is 36.2 Å². The van der Waals surface area contributed by atoms with Crippen LogP contribution in [-0.2, 0) is 9.53 Å². The normalized spacial score (nSPS) is 17.4. The van der Waals surface area contributed by atoms with E-state index in [0.29, 0.717) is 37.4 Å². The second-order valence-corrected chi connectivity index (χ2v) is 8.72. The molecule has 0 aromatic heterocycles. The van der Waals surface area contributed by atoms with Crippen molar-refractivity contribution < 1.29 is 41.8 Å². The summed E-state index contributed by atoms with van der Waals surface area (Å²) in [6, 6.07) is 19.8. The lowest BCUT2D eigenvalue weighted by molar-refractivity contribution is -0.189. The summed E-state index contributed by atoms with van der Waals surface area (Å²) in [5.74, 6) is -2.73. The molecule has 1 amide bonds. The summed E-state index contributed by atoms with van der Waals surface area (Å²) in [4.78, 5) is 36.8. The van der Waals surface area contributed by atoms with Crippen LogP contribution in [0.5, 0.6) is 17.2 Å². The Kier molecular flexibility index (Phi) is 8.82. The van der Waals surface area contributed by atoms with Crippen LogP contribution in [0.2, 0.25) is 0 Å². The van der Waals surface area contributed by atoms with Crippen molar-refractivity contribution in [1.82, 2.24) is 10.6 Å². The number of alkyl halides is 3. The number of hydrogen-bond acceptors (Lipinski definition) is 7. The minimum absolute atomic E-state index is 0.127. The van der Waals surface area contributed by atoms with Gasteiger partial charge < -0.3 is 24.8 Å². The molecule has 1 saturated heterocycles. The second-order valence-electron chi connectivity index (χ2n) is 8.72. The molecule has 2 atom stereocenters. The fourth-order valence-electron chi connectivity index (χ4n) is 3.91. The van der Waals surface area contributed by atoms with E-state index in [4.69, 9.17) is 9.47 Å². The summed E-state index contributed by atoms with van der Waals surface area (Å²) in [7, 11) is 0. The van der Waals surface area contributed by atoms with E-state index in [-0.39, 0.29) is 16.9 Å². The lowest BCUT2D eigenvalue weighted by Gasteiger charge is -2.26. The predicted octanol–water partition coefficient (Wildman–Crippen LogP) is 4.65. The minimum Gasteiger partial charge on any atom is -0.457 e. The predicted molar refractivity (Wildman–Crippen MR) is 134 cm³/mol. The number of hydrogen-bond donors (Lipinski definition) is 2. The molecule has 39 heavy (non-hydrogen) atoms. The average molecular weight is 543 g/mol. The third kappa shape index (κ3) is 7.81. The summed E-state index contributed by atoms with van der Waals surface area (Å²) >= 11 is 0. The van der Waals surface area contributed by atoms with Crippen LogP contribution in [0.3, 0.4) is 0 Å². The summed E-state index contributed by atoms with van der Waals surface area (Å²) in [5.41, 5.74) is 0.414. The molecule has 0 spiro atoms. The van der Waals surface area contributed by atoms with E-state index in [9.17, 15) is 27.6 Å². The maximum absolute atomic E-state index is 13.0. The molecule has 204 valence electrons. The Bertz CT molecular complexity index is 1300. The number of rotatable bonds is 7. The number of para-hydroxylation sites is 1. The van der Waals surface area contributed by atoms with Gasteiger partial charge >= 0.3 is 18.1 Å². The van der Waals surface area contributed by atoms with Gasteiger partial charge in [0.05, 0.1) is 11.6 Å². The Hall–Kier alpha value is -4.38. The van der Waals surface area contributed by atoms with Gasteiger partial charge in [-0.15, -0.1) is 0 Å². The Labute approximate surface area is 222 Å². The van der Waals surface area contributed by atoms with Crippen molar-refractivity contribution in [2.45, 2.75) is 31.2 Å². The fraction of sp³-hybridized carbons (Fsp3) is 0.250. The van der Waals surface area contributed by atoms with Crippen LogP contribution in [0.1, 0.15) is 33.6 Å². The molecule has 0 bridgehead atoms. The maximum atomic E-state index is 13.0. The van der Waals surface area contributed by atoms with Gasteiger partial charge in [-0.2, -0.15) is 13.2 Å². The SMILES string of the molecule is O=C(N[C@@H]1CNCCC[C@H]1OC(=O)c1cccc(Oc2ccccc2)c1)c1ccc(OC(=O)C(F)(F)F)cc1.